The van der Waals surface area contributed by atoms with Gasteiger partial charge in [0.15, 0.2) is 5.78 Å². The summed E-state index contributed by atoms with van der Waals surface area (Å²) < 4.78 is 42.0. The second kappa shape index (κ2) is 9.28. The molecule has 0 saturated carbocycles. The number of hydrogen-bond acceptors (Lipinski definition) is 4. The molecule has 0 aliphatic carbocycles. The number of hydrogen-bond donors (Lipinski definition) is 1. The van der Waals surface area contributed by atoms with Crippen LogP contribution in [0.1, 0.15) is 42.3 Å². The van der Waals surface area contributed by atoms with Crippen LogP contribution in [0.25, 0.3) is 0 Å². The Labute approximate surface area is 182 Å². The van der Waals surface area contributed by atoms with E-state index in [9.17, 15) is 22.4 Å². The molecule has 6 nitrogen and oxygen atoms in total. The predicted octanol–water partition coefficient (Wildman–Crippen LogP) is 2.96. The highest BCUT2D eigenvalue weighted by atomic mass is 32.2. The molecule has 8 heteroatoms. The average molecular weight is 447 g/mol. The lowest BCUT2D eigenvalue weighted by Crippen LogP contribution is -2.51. The number of benzene rings is 2. The molecule has 0 bridgehead atoms. The molecule has 3 rings (SSSR count). The van der Waals surface area contributed by atoms with Crippen LogP contribution >= 0.6 is 0 Å². The molecule has 0 fully saturated rings. The van der Waals surface area contributed by atoms with Crippen LogP contribution in [0.15, 0.2) is 47.4 Å². The van der Waals surface area contributed by atoms with E-state index in [0.717, 1.165) is 17.2 Å². The van der Waals surface area contributed by atoms with E-state index >= 15 is 0 Å². The van der Waals surface area contributed by atoms with Gasteiger partial charge >= 0.3 is 0 Å². The number of halogens is 1. The van der Waals surface area contributed by atoms with Crippen molar-refractivity contribution in [3.8, 4) is 0 Å². The van der Waals surface area contributed by atoms with Crippen molar-refractivity contribution in [2.45, 2.75) is 44.6 Å². The van der Waals surface area contributed by atoms with Crippen LogP contribution in [0.3, 0.4) is 0 Å². The van der Waals surface area contributed by atoms with E-state index in [1.807, 2.05) is 12.1 Å². The van der Waals surface area contributed by atoms with Gasteiger partial charge in [-0.25, -0.2) is 12.8 Å². The molecule has 31 heavy (non-hydrogen) atoms. The largest absolute Gasteiger partial charge is 0.341 e. The maximum absolute atomic E-state index is 14.0. The van der Waals surface area contributed by atoms with Crippen LogP contribution in [0, 0.1) is 11.7 Å². The zero-order chi connectivity index (χ0) is 22.8. The summed E-state index contributed by atoms with van der Waals surface area (Å²) in [5.74, 6) is -1.54. The smallest absolute Gasteiger partial charge is 0.244 e. The molecule has 1 heterocycles. The molecule has 1 aliphatic heterocycles. The Balaban J connectivity index is 1.79. The summed E-state index contributed by atoms with van der Waals surface area (Å²) in [6.07, 6.45) is 1.19. The average Bonchev–Trinajstić information content (AvgIpc) is 2.93. The molecule has 0 aromatic heterocycles. The van der Waals surface area contributed by atoms with E-state index in [4.69, 9.17) is 0 Å². The van der Waals surface area contributed by atoms with E-state index in [2.05, 4.69) is 4.72 Å². The Morgan fingerprint density at radius 2 is 1.68 bits per heavy atom. The second-order valence-corrected chi connectivity index (χ2v) is 9.82. The zero-order valence-corrected chi connectivity index (χ0v) is 18.7. The quantitative estimate of drug-likeness (QED) is 0.692. The first-order chi connectivity index (χ1) is 14.6. The molecule has 0 radical (unpaired) electrons. The number of nitrogens with one attached hydrogen (secondary N) is 1. The van der Waals surface area contributed by atoms with Crippen molar-refractivity contribution in [1.29, 1.82) is 0 Å². The van der Waals surface area contributed by atoms with Crippen molar-refractivity contribution in [1.82, 2.24) is 9.62 Å². The van der Waals surface area contributed by atoms with Gasteiger partial charge in [0.25, 0.3) is 0 Å². The first-order valence-corrected chi connectivity index (χ1v) is 11.8. The Kier molecular flexibility index (Phi) is 6.91. The lowest BCUT2D eigenvalue weighted by Gasteiger charge is -2.28. The van der Waals surface area contributed by atoms with Crippen molar-refractivity contribution in [3.63, 3.8) is 0 Å². The summed E-state index contributed by atoms with van der Waals surface area (Å²) in [4.78, 5) is 26.1. The summed E-state index contributed by atoms with van der Waals surface area (Å²) in [7, 11) is -4.21. The zero-order valence-electron chi connectivity index (χ0n) is 17.9. The minimum atomic E-state index is -4.21. The van der Waals surface area contributed by atoms with E-state index in [1.165, 1.54) is 25.1 Å². The standard InChI is InChI=1S/C23H27FN2O4S/c1-15(2)22(25-31(29,30)21-7-5-4-6-20(21)24)23(28)26-12-10-17-8-9-18(16(3)27)14-19(17)11-13-26/h4-9,14-15,22,25H,10-13H2,1-3H3/t22-/m0/s1. The van der Waals surface area contributed by atoms with Crippen molar-refractivity contribution >= 4 is 21.7 Å². The highest BCUT2D eigenvalue weighted by molar-refractivity contribution is 7.89. The van der Waals surface area contributed by atoms with Gasteiger partial charge in [-0.05, 0) is 55.0 Å². The van der Waals surface area contributed by atoms with Crippen LogP contribution in [0.2, 0.25) is 0 Å². The molecular weight excluding hydrogens is 419 g/mol. The monoisotopic (exact) mass is 446 g/mol. The molecule has 1 amide bonds. The summed E-state index contributed by atoms with van der Waals surface area (Å²) in [5.41, 5.74) is 2.74. The molecule has 1 N–H and O–H groups in total. The van der Waals surface area contributed by atoms with Crippen LogP contribution in [-0.4, -0.2) is 44.1 Å². The van der Waals surface area contributed by atoms with E-state index < -0.39 is 26.8 Å². The van der Waals surface area contributed by atoms with Crippen molar-refractivity contribution in [2.24, 2.45) is 5.92 Å². The first-order valence-electron chi connectivity index (χ1n) is 10.3. The number of fused-ring (bicyclic) bond motifs is 1. The van der Waals surface area contributed by atoms with Crippen molar-refractivity contribution in [2.75, 3.05) is 13.1 Å². The van der Waals surface area contributed by atoms with Gasteiger partial charge in [0.2, 0.25) is 15.9 Å². The fraction of sp³-hybridized carbons (Fsp3) is 0.391. The number of rotatable bonds is 6. The van der Waals surface area contributed by atoms with Gasteiger partial charge in [0, 0.05) is 18.7 Å². The molecule has 2 aromatic rings. The van der Waals surface area contributed by atoms with Crippen molar-refractivity contribution < 1.29 is 22.4 Å². The highest BCUT2D eigenvalue weighted by Gasteiger charge is 2.33. The van der Waals surface area contributed by atoms with Gasteiger partial charge in [0.05, 0.1) is 0 Å². The van der Waals surface area contributed by atoms with E-state index in [1.54, 1.807) is 24.8 Å². The SMILES string of the molecule is CC(=O)c1ccc2c(c1)CCN(C(=O)[C@@H](NS(=O)(=O)c1ccccc1F)C(C)C)CC2. The van der Waals surface area contributed by atoms with Crippen LogP contribution in [0.5, 0.6) is 0 Å². The minimum Gasteiger partial charge on any atom is -0.341 e. The third kappa shape index (κ3) is 5.19. The summed E-state index contributed by atoms with van der Waals surface area (Å²) in [6.45, 7) is 5.87. The molecule has 0 spiro atoms. The number of ketones is 1. The van der Waals surface area contributed by atoms with Crippen molar-refractivity contribution in [3.05, 3.63) is 65.0 Å². The Morgan fingerprint density at radius 3 is 2.29 bits per heavy atom. The van der Waals surface area contributed by atoms with E-state index in [0.29, 0.717) is 31.5 Å². The second-order valence-electron chi connectivity index (χ2n) is 8.14. The predicted molar refractivity (Wildman–Crippen MR) is 116 cm³/mol. The maximum Gasteiger partial charge on any atom is 0.244 e. The fourth-order valence-electron chi connectivity index (χ4n) is 3.73. The third-order valence-electron chi connectivity index (χ3n) is 5.57. The third-order valence-corrected chi connectivity index (χ3v) is 7.04. The van der Waals surface area contributed by atoms with Gasteiger partial charge in [-0.1, -0.05) is 38.1 Å². The van der Waals surface area contributed by atoms with Crippen LogP contribution in [-0.2, 0) is 27.7 Å². The topological polar surface area (TPSA) is 83.6 Å². The number of carbonyl (C=O) groups excluding carboxylic acids is 2. The van der Waals surface area contributed by atoms with Gasteiger partial charge < -0.3 is 4.90 Å². The number of amides is 1. The molecule has 166 valence electrons. The molecule has 1 atom stereocenters. The summed E-state index contributed by atoms with van der Waals surface area (Å²) in [6, 6.07) is 9.65. The normalized spacial score (nSPS) is 15.3. The maximum atomic E-state index is 14.0. The lowest BCUT2D eigenvalue weighted by atomic mass is 9.99. The van der Waals surface area contributed by atoms with E-state index in [-0.39, 0.29) is 17.6 Å². The fourth-order valence-corrected chi connectivity index (χ4v) is 5.14. The molecule has 0 saturated heterocycles. The molecular formula is C23H27FN2O4S. The van der Waals surface area contributed by atoms with Crippen LogP contribution < -0.4 is 4.72 Å². The van der Waals surface area contributed by atoms with Crippen LogP contribution in [0.4, 0.5) is 4.39 Å². The lowest BCUT2D eigenvalue weighted by molar-refractivity contribution is -0.133. The Morgan fingerprint density at radius 1 is 1.03 bits per heavy atom. The van der Waals surface area contributed by atoms with Gasteiger partial charge in [-0.2, -0.15) is 4.72 Å². The Bertz CT molecular complexity index is 1100. The molecule has 1 aliphatic rings. The summed E-state index contributed by atoms with van der Waals surface area (Å²) in [5, 5.41) is 0. The number of carbonyl (C=O) groups is 2. The number of sulfonamides is 1. The number of nitrogens with zero attached hydrogens (tertiary/aromatic N) is 1. The molecule has 0 unspecified atom stereocenters. The minimum absolute atomic E-state index is 0.0117. The highest BCUT2D eigenvalue weighted by Crippen LogP contribution is 2.21. The Hall–Kier alpha value is -2.58. The first kappa shape index (κ1) is 23.1. The summed E-state index contributed by atoms with van der Waals surface area (Å²) >= 11 is 0. The van der Waals surface area contributed by atoms with Gasteiger partial charge in [0.1, 0.15) is 16.8 Å². The molecule has 2 aromatic carbocycles. The van der Waals surface area contributed by atoms with Gasteiger partial charge in [-0.15, -0.1) is 0 Å². The van der Waals surface area contributed by atoms with Gasteiger partial charge in [-0.3, -0.25) is 9.59 Å². The number of Topliss-reactive ketones (excluding diaryl/α,β-unsaturated/α-hetero) is 1.